The number of benzene rings is 1. The van der Waals surface area contributed by atoms with Crippen LogP contribution in [0.15, 0.2) is 50.7 Å². The van der Waals surface area contributed by atoms with Gasteiger partial charge in [0.15, 0.2) is 5.17 Å². The van der Waals surface area contributed by atoms with Crippen molar-refractivity contribution in [2.24, 2.45) is 4.99 Å². The Kier molecular flexibility index (Phi) is 5.29. The number of likely N-dealkylation sites (tertiary alicyclic amines) is 1. The molecule has 0 spiro atoms. The van der Waals surface area contributed by atoms with Crippen LogP contribution in [-0.4, -0.2) is 34.0 Å². The first-order valence-corrected chi connectivity index (χ1v) is 10.0. The summed E-state index contributed by atoms with van der Waals surface area (Å²) in [5.74, 6) is 0.590. The quantitative estimate of drug-likeness (QED) is 0.424. The van der Waals surface area contributed by atoms with Crippen LogP contribution in [0.2, 0.25) is 0 Å². The third kappa shape index (κ3) is 3.87. The molecule has 3 heterocycles. The number of rotatable bonds is 3. The van der Waals surface area contributed by atoms with Crippen molar-refractivity contribution in [2.45, 2.75) is 25.7 Å². The zero-order valence-electron chi connectivity index (χ0n) is 15.2. The van der Waals surface area contributed by atoms with E-state index < -0.39 is 4.92 Å². The van der Waals surface area contributed by atoms with E-state index in [0.29, 0.717) is 22.0 Å². The van der Waals surface area contributed by atoms with Gasteiger partial charge in [-0.2, -0.15) is 4.99 Å². The van der Waals surface area contributed by atoms with Gasteiger partial charge in [0.25, 0.3) is 11.6 Å². The lowest BCUT2D eigenvalue weighted by Crippen LogP contribution is -2.28. The lowest BCUT2D eigenvalue weighted by atomic mass is 10.1. The topological polar surface area (TPSA) is 89.0 Å². The Morgan fingerprint density at radius 2 is 1.86 bits per heavy atom. The minimum atomic E-state index is -0.437. The molecule has 4 rings (SSSR count). The highest BCUT2D eigenvalue weighted by Gasteiger charge is 2.27. The summed E-state index contributed by atoms with van der Waals surface area (Å²) in [5, 5.41) is 12.0. The number of hydrogen-bond donors (Lipinski definition) is 0. The van der Waals surface area contributed by atoms with Crippen LogP contribution in [0.25, 0.3) is 17.4 Å². The van der Waals surface area contributed by atoms with Gasteiger partial charge in [0, 0.05) is 25.2 Å². The summed E-state index contributed by atoms with van der Waals surface area (Å²) < 4.78 is 5.76. The van der Waals surface area contributed by atoms with Gasteiger partial charge in [-0.25, -0.2) is 0 Å². The molecule has 1 saturated heterocycles. The van der Waals surface area contributed by atoms with E-state index in [1.54, 1.807) is 36.4 Å². The highest BCUT2D eigenvalue weighted by molar-refractivity contribution is 8.18. The Morgan fingerprint density at radius 3 is 2.61 bits per heavy atom. The standard InChI is InChI=1S/C20H19N3O4S/c24-19-18(28-20(21-19)22-11-5-1-2-6-12-22)13-14-9-10-17(27-14)15-7-3-4-8-16(15)23(25)26/h3-4,7-10,13H,1-2,5-6,11-12H2/b18-13-. The average Bonchev–Trinajstić information content (AvgIpc) is 3.19. The number of aliphatic imine (C=N–C) groups is 1. The molecule has 2 aromatic rings. The SMILES string of the molecule is O=C1N=C(N2CCCCCC2)S/C1=C\c1ccc(-c2ccccc2[N+](=O)[O-])o1. The summed E-state index contributed by atoms with van der Waals surface area (Å²) >= 11 is 1.36. The van der Waals surface area contributed by atoms with Crippen LogP contribution in [-0.2, 0) is 4.79 Å². The maximum atomic E-state index is 12.3. The van der Waals surface area contributed by atoms with Crippen LogP contribution < -0.4 is 0 Å². The van der Waals surface area contributed by atoms with Gasteiger partial charge in [-0.3, -0.25) is 14.9 Å². The molecule has 0 saturated carbocycles. The molecule has 2 aliphatic rings. The molecule has 8 heteroatoms. The molecule has 7 nitrogen and oxygen atoms in total. The highest BCUT2D eigenvalue weighted by atomic mass is 32.2. The summed E-state index contributed by atoms with van der Waals surface area (Å²) in [4.78, 5) is 30.0. The number of furan rings is 1. The minimum absolute atomic E-state index is 0.0193. The lowest BCUT2D eigenvalue weighted by Gasteiger charge is -2.20. The second kappa shape index (κ2) is 8.02. The number of nitro benzene ring substituents is 1. The first kappa shape index (κ1) is 18.5. The molecule has 0 bridgehead atoms. The first-order chi connectivity index (χ1) is 13.6. The Hall–Kier alpha value is -2.87. The summed E-state index contributed by atoms with van der Waals surface area (Å²) in [6.07, 6.45) is 6.31. The van der Waals surface area contributed by atoms with Crippen molar-refractivity contribution in [1.29, 1.82) is 0 Å². The van der Waals surface area contributed by atoms with Gasteiger partial charge in [-0.1, -0.05) is 25.0 Å². The number of nitrogens with zero attached hydrogens (tertiary/aromatic N) is 3. The Balaban J connectivity index is 1.53. The van der Waals surface area contributed by atoms with Gasteiger partial charge in [0.1, 0.15) is 11.5 Å². The summed E-state index contributed by atoms with van der Waals surface area (Å²) in [7, 11) is 0. The zero-order chi connectivity index (χ0) is 19.5. The zero-order valence-corrected chi connectivity index (χ0v) is 16.0. The fraction of sp³-hybridized carbons (Fsp3) is 0.300. The maximum absolute atomic E-state index is 12.3. The van der Waals surface area contributed by atoms with Crippen LogP contribution in [0, 0.1) is 10.1 Å². The second-order valence-corrected chi connectivity index (χ2v) is 7.70. The fourth-order valence-corrected chi connectivity index (χ4v) is 4.29. The van der Waals surface area contributed by atoms with E-state index in [-0.39, 0.29) is 11.6 Å². The predicted octanol–water partition coefficient (Wildman–Crippen LogP) is 4.70. The van der Waals surface area contributed by atoms with Crippen LogP contribution in [0.4, 0.5) is 5.69 Å². The number of amidine groups is 1. The number of carbonyl (C=O) groups is 1. The number of amides is 1. The summed E-state index contributed by atoms with van der Waals surface area (Å²) in [6, 6.07) is 9.80. The van der Waals surface area contributed by atoms with Crippen molar-refractivity contribution >= 4 is 34.6 Å². The number of hydrogen-bond acceptors (Lipinski definition) is 6. The molecule has 0 radical (unpaired) electrons. The number of carbonyl (C=O) groups excluding carboxylic acids is 1. The maximum Gasteiger partial charge on any atom is 0.286 e. The number of thioether (sulfide) groups is 1. The molecule has 144 valence electrons. The molecule has 1 aromatic heterocycles. The van der Waals surface area contributed by atoms with Crippen molar-refractivity contribution in [3.63, 3.8) is 0 Å². The molecular weight excluding hydrogens is 378 g/mol. The molecule has 2 aliphatic heterocycles. The normalized spacial score (nSPS) is 19.0. The predicted molar refractivity (Wildman–Crippen MR) is 109 cm³/mol. The molecule has 1 aromatic carbocycles. The largest absolute Gasteiger partial charge is 0.456 e. The molecule has 1 fully saturated rings. The van der Waals surface area contributed by atoms with E-state index in [4.69, 9.17) is 4.42 Å². The van der Waals surface area contributed by atoms with Crippen LogP contribution >= 0.6 is 11.8 Å². The third-order valence-electron chi connectivity index (χ3n) is 4.75. The van der Waals surface area contributed by atoms with Crippen LogP contribution in [0.1, 0.15) is 31.4 Å². The third-order valence-corrected chi connectivity index (χ3v) is 5.80. The number of para-hydroxylation sites is 1. The van der Waals surface area contributed by atoms with Crippen molar-refractivity contribution in [3.05, 3.63) is 57.2 Å². The average molecular weight is 397 g/mol. The van der Waals surface area contributed by atoms with E-state index in [2.05, 4.69) is 9.89 Å². The second-order valence-electron chi connectivity index (χ2n) is 6.69. The Morgan fingerprint density at radius 1 is 1.11 bits per heavy atom. The van der Waals surface area contributed by atoms with Crippen molar-refractivity contribution in [1.82, 2.24) is 4.90 Å². The van der Waals surface area contributed by atoms with Crippen molar-refractivity contribution in [3.8, 4) is 11.3 Å². The molecule has 0 N–H and O–H groups in total. The van der Waals surface area contributed by atoms with E-state index in [1.807, 2.05) is 0 Å². The lowest BCUT2D eigenvalue weighted by molar-refractivity contribution is -0.384. The van der Waals surface area contributed by atoms with Gasteiger partial charge < -0.3 is 9.32 Å². The fourth-order valence-electron chi connectivity index (χ4n) is 3.34. The first-order valence-electron chi connectivity index (χ1n) is 9.23. The van der Waals surface area contributed by atoms with Gasteiger partial charge in [-0.05, 0) is 42.8 Å². The van der Waals surface area contributed by atoms with Crippen molar-refractivity contribution < 1.29 is 14.1 Å². The number of nitro groups is 1. The summed E-state index contributed by atoms with van der Waals surface area (Å²) in [6.45, 7) is 1.85. The monoisotopic (exact) mass is 397 g/mol. The van der Waals surface area contributed by atoms with Gasteiger partial charge in [-0.15, -0.1) is 0 Å². The smallest absolute Gasteiger partial charge is 0.286 e. The van der Waals surface area contributed by atoms with Crippen LogP contribution in [0.5, 0.6) is 0 Å². The van der Waals surface area contributed by atoms with Crippen molar-refractivity contribution in [2.75, 3.05) is 13.1 Å². The minimum Gasteiger partial charge on any atom is -0.456 e. The molecular formula is C20H19N3O4S. The van der Waals surface area contributed by atoms with E-state index in [1.165, 1.54) is 30.7 Å². The van der Waals surface area contributed by atoms with E-state index in [9.17, 15) is 14.9 Å². The van der Waals surface area contributed by atoms with Gasteiger partial charge >= 0.3 is 0 Å². The Bertz CT molecular complexity index is 971. The molecule has 0 aliphatic carbocycles. The highest BCUT2D eigenvalue weighted by Crippen LogP contribution is 2.34. The van der Waals surface area contributed by atoms with Gasteiger partial charge in [0.05, 0.1) is 15.4 Å². The van der Waals surface area contributed by atoms with E-state index >= 15 is 0 Å². The van der Waals surface area contributed by atoms with E-state index in [0.717, 1.165) is 31.1 Å². The molecule has 1 amide bonds. The molecule has 0 atom stereocenters. The molecule has 0 unspecified atom stereocenters. The van der Waals surface area contributed by atoms with Crippen LogP contribution in [0.3, 0.4) is 0 Å². The molecule has 28 heavy (non-hydrogen) atoms. The van der Waals surface area contributed by atoms with Gasteiger partial charge in [0.2, 0.25) is 0 Å². The Labute approximate surface area is 166 Å². The summed E-state index contributed by atoms with van der Waals surface area (Å²) in [5.41, 5.74) is 0.387.